The number of H-pyrrole nitrogens is 1. The van der Waals surface area contributed by atoms with Crippen LogP contribution in [-0.4, -0.2) is 19.3 Å². The second kappa shape index (κ2) is 6.72. The fourth-order valence-electron chi connectivity index (χ4n) is 2.51. The molecule has 0 bridgehead atoms. The van der Waals surface area contributed by atoms with Crippen LogP contribution in [0.4, 0.5) is 8.78 Å². The van der Waals surface area contributed by atoms with Gasteiger partial charge in [-0.15, -0.1) is 0 Å². The predicted octanol–water partition coefficient (Wildman–Crippen LogP) is 3.27. The van der Waals surface area contributed by atoms with E-state index >= 15 is 0 Å². The van der Waals surface area contributed by atoms with Gasteiger partial charge in [0, 0.05) is 23.2 Å². The molecule has 3 rings (SSSR count). The summed E-state index contributed by atoms with van der Waals surface area (Å²) in [7, 11) is -4.21. The second-order valence-corrected chi connectivity index (χ2v) is 7.33. The van der Waals surface area contributed by atoms with Crippen molar-refractivity contribution in [2.24, 2.45) is 0 Å². The normalized spacial score (nSPS) is 12.0. The third-order valence-electron chi connectivity index (χ3n) is 3.75. The first-order valence-corrected chi connectivity index (χ1v) is 9.02. The van der Waals surface area contributed by atoms with Crippen LogP contribution in [0.3, 0.4) is 0 Å². The van der Waals surface area contributed by atoms with Crippen molar-refractivity contribution in [1.29, 1.82) is 0 Å². The Kier molecular flexibility index (Phi) is 4.60. The van der Waals surface area contributed by atoms with Gasteiger partial charge >= 0.3 is 0 Å². The molecule has 0 aliphatic heterocycles. The van der Waals surface area contributed by atoms with Gasteiger partial charge in [-0.3, -0.25) is 4.79 Å². The monoisotopic (exact) mass is 376 g/mol. The number of halogens is 2. The average Bonchev–Trinajstić information content (AvgIpc) is 2.93. The van der Waals surface area contributed by atoms with E-state index in [2.05, 4.69) is 4.98 Å². The molecule has 0 aliphatic carbocycles. The Bertz CT molecular complexity index is 1130. The van der Waals surface area contributed by atoms with E-state index in [4.69, 9.17) is 0 Å². The second-order valence-electron chi connectivity index (χ2n) is 5.65. The highest BCUT2D eigenvalue weighted by atomic mass is 32.2. The largest absolute Gasteiger partial charge is 0.360 e. The summed E-state index contributed by atoms with van der Waals surface area (Å²) in [6.45, 7) is 1.81. The van der Waals surface area contributed by atoms with Gasteiger partial charge in [0.2, 0.25) is 0 Å². The van der Waals surface area contributed by atoms with Gasteiger partial charge in [-0.2, -0.15) is 0 Å². The molecule has 5 nitrogen and oxygen atoms in total. The Morgan fingerprint density at radius 3 is 2.65 bits per heavy atom. The van der Waals surface area contributed by atoms with Gasteiger partial charge in [-0.1, -0.05) is 6.07 Å². The number of nitrogens with one attached hydrogen (secondary N) is 2. The number of amides is 1. The molecule has 26 heavy (non-hydrogen) atoms. The topological polar surface area (TPSA) is 79.0 Å². The quantitative estimate of drug-likeness (QED) is 0.686. The maximum Gasteiger partial charge on any atom is 0.264 e. The molecule has 8 heteroatoms. The summed E-state index contributed by atoms with van der Waals surface area (Å²) >= 11 is 0. The Labute approximate surface area is 148 Å². The van der Waals surface area contributed by atoms with Crippen LogP contribution in [0.2, 0.25) is 0 Å². The molecule has 0 spiro atoms. The first kappa shape index (κ1) is 17.8. The SMILES string of the molecule is Cc1c[nH]c2c(/C=C/C(=O)NS(=O)(=O)c3cccc(F)c3)cc(F)cc12. The molecule has 0 unspecified atom stereocenters. The standard InChI is InChI=1S/C18H14F2N2O3S/c1-11-10-21-18-12(7-14(20)9-16(11)18)5-6-17(23)22-26(24,25)15-4-2-3-13(19)8-15/h2-10,21H,1H3,(H,22,23)/b6-5+. The lowest BCUT2D eigenvalue weighted by Crippen LogP contribution is -2.29. The Morgan fingerprint density at radius 2 is 1.92 bits per heavy atom. The van der Waals surface area contributed by atoms with Crippen LogP contribution in [0.1, 0.15) is 11.1 Å². The highest BCUT2D eigenvalue weighted by Gasteiger charge is 2.17. The third kappa shape index (κ3) is 3.65. The number of fused-ring (bicyclic) bond motifs is 1. The number of carbonyl (C=O) groups excluding carboxylic acids is 1. The summed E-state index contributed by atoms with van der Waals surface area (Å²) in [5, 5.41) is 0.664. The Hall–Kier alpha value is -3.00. The van der Waals surface area contributed by atoms with Crippen LogP contribution in [0, 0.1) is 18.6 Å². The molecule has 1 heterocycles. The number of benzene rings is 2. The molecule has 2 N–H and O–H groups in total. The zero-order chi connectivity index (χ0) is 18.9. The Balaban J connectivity index is 1.84. The first-order chi connectivity index (χ1) is 12.3. The zero-order valence-corrected chi connectivity index (χ0v) is 14.4. The van der Waals surface area contributed by atoms with Crippen molar-refractivity contribution in [3.8, 4) is 0 Å². The minimum Gasteiger partial charge on any atom is -0.360 e. The van der Waals surface area contributed by atoms with Gasteiger partial charge in [-0.05, 0) is 48.9 Å². The molecule has 0 atom stereocenters. The molecule has 2 aromatic carbocycles. The summed E-state index contributed by atoms with van der Waals surface area (Å²) < 4.78 is 52.9. The van der Waals surface area contributed by atoms with Crippen LogP contribution in [-0.2, 0) is 14.8 Å². The van der Waals surface area contributed by atoms with E-state index in [0.717, 1.165) is 23.8 Å². The summed E-state index contributed by atoms with van der Waals surface area (Å²) in [5.41, 5.74) is 1.86. The van der Waals surface area contributed by atoms with Crippen LogP contribution in [0.25, 0.3) is 17.0 Å². The molecule has 0 saturated carbocycles. The number of rotatable bonds is 4. The van der Waals surface area contributed by atoms with Crippen LogP contribution >= 0.6 is 0 Å². The lowest BCUT2D eigenvalue weighted by atomic mass is 10.1. The Morgan fingerprint density at radius 1 is 1.15 bits per heavy atom. The van der Waals surface area contributed by atoms with Crippen LogP contribution in [0.15, 0.2) is 53.6 Å². The first-order valence-electron chi connectivity index (χ1n) is 7.54. The molecule has 134 valence electrons. The number of sulfonamides is 1. The number of hydrogen-bond donors (Lipinski definition) is 2. The molecule has 0 fully saturated rings. The van der Waals surface area contributed by atoms with Crippen molar-refractivity contribution in [2.45, 2.75) is 11.8 Å². The number of aryl methyl sites for hydroxylation is 1. The maximum absolute atomic E-state index is 13.7. The van der Waals surface area contributed by atoms with E-state index in [9.17, 15) is 22.0 Å². The predicted molar refractivity (Wildman–Crippen MR) is 93.8 cm³/mol. The summed E-state index contributed by atoms with van der Waals surface area (Å²) in [5.74, 6) is -2.15. The highest BCUT2D eigenvalue weighted by Crippen LogP contribution is 2.23. The minimum atomic E-state index is -4.21. The van der Waals surface area contributed by atoms with Crippen molar-refractivity contribution in [3.05, 3.63) is 71.4 Å². The van der Waals surface area contributed by atoms with Gasteiger partial charge in [0.15, 0.2) is 0 Å². The van der Waals surface area contributed by atoms with Gasteiger partial charge in [-0.25, -0.2) is 21.9 Å². The molecule has 1 aromatic heterocycles. The molecule has 1 amide bonds. The van der Waals surface area contributed by atoms with Crippen molar-refractivity contribution in [1.82, 2.24) is 9.71 Å². The van der Waals surface area contributed by atoms with Crippen molar-refractivity contribution in [2.75, 3.05) is 0 Å². The third-order valence-corrected chi connectivity index (χ3v) is 5.09. The number of carbonyl (C=O) groups is 1. The van der Waals surface area contributed by atoms with E-state index in [-0.39, 0.29) is 4.90 Å². The van der Waals surface area contributed by atoms with Gasteiger partial charge < -0.3 is 4.98 Å². The van der Waals surface area contributed by atoms with E-state index in [1.165, 1.54) is 30.3 Å². The minimum absolute atomic E-state index is 0.368. The van der Waals surface area contributed by atoms with Crippen LogP contribution < -0.4 is 4.72 Å². The average molecular weight is 376 g/mol. The van der Waals surface area contributed by atoms with E-state index < -0.39 is 27.6 Å². The van der Waals surface area contributed by atoms with Gasteiger partial charge in [0.05, 0.1) is 10.4 Å². The zero-order valence-electron chi connectivity index (χ0n) is 13.6. The van der Waals surface area contributed by atoms with Gasteiger partial charge in [0.1, 0.15) is 11.6 Å². The van der Waals surface area contributed by atoms with Crippen LogP contribution in [0.5, 0.6) is 0 Å². The summed E-state index contributed by atoms with van der Waals surface area (Å²) in [4.78, 5) is 14.6. The number of aromatic amines is 1. The molecular weight excluding hydrogens is 362 g/mol. The number of hydrogen-bond acceptors (Lipinski definition) is 3. The fourth-order valence-corrected chi connectivity index (χ4v) is 3.49. The van der Waals surface area contributed by atoms with Crippen molar-refractivity contribution >= 4 is 32.9 Å². The molecule has 0 aliphatic rings. The molecule has 0 radical (unpaired) electrons. The maximum atomic E-state index is 13.7. The lowest BCUT2D eigenvalue weighted by Gasteiger charge is -2.05. The molecular formula is C18H14F2N2O3S. The highest BCUT2D eigenvalue weighted by molar-refractivity contribution is 7.90. The summed E-state index contributed by atoms with van der Waals surface area (Å²) in [6, 6.07) is 6.88. The number of aromatic nitrogens is 1. The fraction of sp³-hybridized carbons (Fsp3) is 0.0556. The molecule has 0 saturated heterocycles. The van der Waals surface area contributed by atoms with Crippen molar-refractivity contribution < 1.29 is 22.0 Å². The van der Waals surface area contributed by atoms with E-state index in [1.54, 1.807) is 6.20 Å². The summed E-state index contributed by atoms with van der Waals surface area (Å²) in [6.07, 6.45) is 3.98. The lowest BCUT2D eigenvalue weighted by molar-refractivity contribution is -0.114. The van der Waals surface area contributed by atoms with E-state index in [0.29, 0.717) is 16.5 Å². The van der Waals surface area contributed by atoms with Crippen molar-refractivity contribution in [3.63, 3.8) is 0 Å². The molecule has 3 aromatic rings. The van der Waals surface area contributed by atoms with Gasteiger partial charge in [0.25, 0.3) is 15.9 Å². The van der Waals surface area contributed by atoms with E-state index in [1.807, 2.05) is 11.6 Å². The smallest absolute Gasteiger partial charge is 0.264 e.